The van der Waals surface area contributed by atoms with Crippen molar-refractivity contribution in [3.05, 3.63) is 28.8 Å². The number of nitrogens with two attached hydrogens (primary N) is 1. The van der Waals surface area contributed by atoms with E-state index in [1.807, 2.05) is 16.7 Å². The van der Waals surface area contributed by atoms with Crippen molar-refractivity contribution in [1.82, 2.24) is 4.90 Å². The Morgan fingerprint density at radius 1 is 1.60 bits per heavy atom. The van der Waals surface area contributed by atoms with Gasteiger partial charge in [0, 0.05) is 31.1 Å². The number of methoxy groups -OCH3 is 1. The third kappa shape index (κ3) is 3.59. The van der Waals surface area contributed by atoms with Crippen LogP contribution in [0.1, 0.15) is 16.8 Å². The van der Waals surface area contributed by atoms with E-state index in [4.69, 9.17) is 22.1 Å². The Morgan fingerprint density at radius 2 is 2.40 bits per heavy atom. The number of amides is 1. The molecule has 0 aromatic heterocycles. The molecule has 4 nitrogen and oxygen atoms in total. The molecule has 1 aliphatic rings. The Hall–Kier alpha value is -0.910. The maximum atomic E-state index is 12.7. The summed E-state index contributed by atoms with van der Waals surface area (Å²) in [5, 5.41) is 0.442. The molecule has 2 rings (SSSR count). The summed E-state index contributed by atoms with van der Waals surface area (Å²) in [5.74, 6) is 1.99. The quantitative estimate of drug-likeness (QED) is 0.849. The molecule has 1 heterocycles. The topological polar surface area (TPSA) is 55.6 Å². The normalized spacial score (nSPS) is 18.2. The lowest BCUT2D eigenvalue weighted by Gasteiger charge is -2.28. The molecule has 1 unspecified atom stereocenters. The summed E-state index contributed by atoms with van der Waals surface area (Å²) in [6.07, 6.45) is 1.01. The highest BCUT2D eigenvalue weighted by atomic mass is 35.5. The number of hydrogen-bond donors (Lipinski definition) is 1. The van der Waals surface area contributed by atoms with Crippen molar-refractivity contribution in [3.63, 3.8) is 0 Å². The average Bonchev–Trinajstić information content (AvgIpc) is 2.95. The molecular weight excluding hydrogens is 296 g/mol. The molecule has 20 heavy (non-hydrogen) atoms. The summed E-state index contributed by atoms with van der Waals surface area (Å²) in [5.41, 5.74) is 6.78. The van der Waals surface area contributed by atoms with Gasteiger partial charge in [-0.3, -0.25) is 4.79 Å². The van der Waals surface area contributed by atoms with Gasteiger partial charge in [0.15, 0.2) is 0 Å². The predicted octanol–water partition coefficient (Wildman–Crippen LogP) is 2.52. The van der Waals surface area contributed by atoms with E-state index in [1.54, 1.807) is 25.3 Å². The minimum absolute atomic E-state index is 0.0631. The highest BCUT2D eigenvalue weighted by Gasteiger charge is 2.28. The van der Waals surface area contributed by atoms with Gasteiger partial charge in [0.05, 0.1) is 17.2 Å². The van der Waals surface area contributed by atoms with Gasteiger partial charge in [0.2, 0.25) is 0 Å². The van der Waals surface area contributed by atoms with Gasteiger partial charge >= 0.3 is 0 Å². The van der Waals surface area contributed by atoms with Crippen molar-refractivity contribution in [3.8, 4) is 0 Å². The summed E-state index contributed by atoms with van der Waals surface area (Å²) in [6.45, 7) is 1.10. The lowest BCUT2D eigenvalue weighted by molar-refractivity contribution is 0.0625. The molecule has 1 aromatic rings. The van der Waals surface area contributed by atoms with Crippen LogP contribution in [0.5, 0.6) is 0 Å². The fourth-order valence-corrected chi connectivity index (χ4v) is 3.69. The van der Waals surface area contributed by atoms with Crippen LogP contribution in [0.2, 0.25) is 5.02 Å². The summed E-state index contributed by atoms with van der Waals surface area (Å²) in [7, 11) is 1.64. The molecule has 0 saturated carbocycles. The van der Waals surface area contributed by atoms with Crippen LogP contribution in [0.25, 0.3) is 0 Å². The van der Waals surface area contributed by atoms with Crippen molar-refractivity contribution in [2.75, 3.05) is 37.5 Å². The molecule has 0 bridgehead atoms. The molecule has 1 fully saturated rings. The Labute approximate surface area is 128 Å². The summed E-state index contributed by atoms with van der Waals surface area (Å²) in [4.78, 5) is 14.6. The predicted molar refractivity (Wildman–Crippen MR) is 84.5 cm³/mol. The zero-order valence-electron chi connectivity index (χ0n) is 11.5. The van der Waals surface area contributed by atoms with Crippen LogP contribution in [-0.2, 0) is 4.74 Å². The molecule has 1 aromatic carbocycles. The van der Waals surface area contributed by atoms with Crippen LogP contribution in [-0.4, -0.2) is 48.6 Å². The third-order valence-corrected chi connectivity index (χ3v) is 4.84. The number of rotatable bonds is 5. The molecule has 0 spiro atoms. The molecule has 110 valence electrons. The van der Waals surface area contributed by atoms with Gasteiger partial charge in [-0.05, 0) is 30.4 Å². The van der Waals surface area contributed by atoms with E-state index in [0.717, 1.165) is 17.9 Å². The fraction of sp³-hybridized carbons (Fsp3) is 0.500. The number of ether oxygens (including phenoxy) is 1. The SMILES string of the molecule is COCCN(C(=O)c1cc(N)ccc1Cl)C1CCSC1. The van der Waals surface area contributed by atoms with E-state index in [9.17, 15) is 4.79 Å². The van der Waals surface area contributed by atoms with Crippen LogP contribution >= 0.6 is 23.4 Å². The first-order valence-corrected chi connectivity index (χ1v) is 8.09. The van der Waals surface area contributed by atoms with Crippen molar-refractivity contribution in [2.24, 2.45) is 0 Å². The minimum Gasteiger partial charge on any atom is -0.399 e. The number of carbonyl (C=O) groups is 1. The zero-order chi connectivity index (χ0) is 14.5. The van der Waals surface area contributed by atoms with Gasteiger partial charge in [-0.25, -0.2) is 0 Å². The number of benzene rings is 1. The number of hydrogen-bond acceptors (Lipinski definition) is 4. The smallest absolute Gasteiger partial charge is 0.255 e. The number of halogens is 1. The number of carbonyl (C=O) groups excluding carboxylic acids is 1. The van der Waals surface area contributed by atoms with Crippen LogP contribution in [0, 0.1) is 0 Å². The highest BCUT2D eigenvalue weighted by Crippen LogP contribution is 2.26. The first-order valence-electron chi connectivity index (χ1n) is 6.56. The average molecular weight is 315 g/mol. The number of nitrogens with zero attached hydrogens (tertiary/aromatic N) is 1. The van der Waals surface area contributed by atoms with Crippen molar-refractivity contribution < 1.29 is 9.53 Å². The molecule has 0 radical (unpaired) electrons. The summed E-state index contributed by atoms with van der Waals surface area (Å²) < 4.78 is 5.11. The van der Waals surface area contributed by atoms with E-state index >= 15 is 0 Å². The highest BCUT2D eigenvalue weighted by molar-refractivity contribution is 7.99. The maximum Gasteiger partial charge on any atom is 0.255 e. The van der Waals surface area contributed by atoms with E-state index < -0.39 is 0 Å². The Balaban J connectivity index is 2.22. The zero-order valence-corrected chi connectivity index (χ0v) is 13.0. The fourth-order valence-electron chi connectivity index (χ4n) is 2.27. The number of nitrogen functional groups attached to an aromatic ring is 1. The third-order valence-electron chi connectivity index (χ3n) is 3.36. The van der Waals surface area contributed by atoms with Crippen LogP contribution < -0.4 is 5.73 Å². The second kappa shape index (κ2) is 7.20. The molecule has 1 amide bonds. The minimum atomic E-state index is -0.0631. The van der Waals surface area contributed by atoms with Crippen molar-refractivity contribution >= 4 is 35.0 Å². The van der Waals surface area contributed by atoms with Crippen LogP contribution in [0.3, 0.4) is 0 Å². The second-order valence-electron chi connectivity index (χ2n) is 4.75. The standard InChI is InChI=1S/C14H19ClN2O2S/c1-19-6-5-17(11-4-7-20-9-11)14(18)12-8-10(16)2-3-13(12)15/h2-3,8,11H,4-7,9,16H2,1H3. The lowest BCUT2D eigenvalue weighted by Crippen LogP contribution is -2.42. The number of anilines is 1. The summed E-state index contributed by atoms with van der Waals surface area (Å²) >= 11 is 8.01. The van der Waals surface area contributed by atoms with Crippen molar-refractivity contribution in [2.45, 2.75) is 12.5 Å². The van der Waals surface area contributed by atoms with E-state index in [0.29, 0.717) is 29.4 Å². The van der Waals surface area contributed by atoms with E-state index in [-0.39, 0.29) is 11.9 Å². The molecule has 1 saturated heterocycles. The van der Waals surface area contributed by atoms with Crippen molar-refractivity contribution in [1.29, 1.82) is 0 Å². The maximum absolute atomic E-state index is 12.7. The molecule has 2 N–H and O–H groups in total. The van der Waals surface area contributed by atoms with E-state index in [1.165, 1.54) is 0 Å². The first kappa shape index (κ1) is 15.5. The van der Waals surface area contributed by atoms with Crippen LogP contribution in [0.4, 0.5) is 5.69 Å². The van der Waals surface area contributed by atoms with Gasteiger partial charge in [0.25, 0.3) is 5.91 Å². The van der Waals surface area contributed by atoms with Gasteiger partial charge in [-0.1, -0.05) is 11.6 Å². The molecule has 6 heteroatoms. The first-order chi connectivity index (χ1) is 9.63. The largest absolute Gasteiger partial charge is 0.399 e. The van der Waals surface area contributed by atoms with Crippen LogP contribution in [0.15, 0.2) is 18.2 Å². The lowest BCUT2D eigenvalue weighted by atomic mass is 10.1. The molecular formula is C14H19ClN2O2S. The Bertz CT molecular complexity index is 478. The van der Waals surface area contributed by atoms with Gasteiger partial charge in [0.1, 0.15) is 0 Å². The Kier molecular flexibility index (Phi) is 5.57. The second-order valence-corrected chi connectivity index (χ2v) is 6.31. The Morgan fingerprint density at radius 3 is 3.05 bits per heavy atom. The number of thioether (sulfide) groups is 1. The molecule has 1 aliphatic heterocycles. The molecule has 1 atom stereocenters. The molecule has 0 aliphatic carbocycles. The summed E-state index contributed by atoms with van der Waals surface area (Å²) in [6, 6.07) is 5.26. The van der Waals surface area contributed by atoms with Gasteiger partial charge in [-0.15, -0.1) is 0 Å². The monoisotopic (exact) mass is 314 g/mol. The van der Waals surface area contributed by atoms with E-state index in [2.05, 4.69) is 0 Å². The van der Waals surface area contributed by atoms with Gasteiger partial charge in [-0.2, -0.15) is 11.8 Å². The van der Waals surface area contributed by atoms with Gasteiger partial charge < -0.3 is 15.4 Å².